The first-order chi connectivity index (χ1) is 13.1. The van der Waals surface area contributed by atoms with Gasteiger partial charge >= 0.3 is 5.97 Å². The van der Waals surface area contributed by atoms with Crippen molar-refractivity contribution in [2.45, 2.75) is 19.9 Å². The largest absolute Gasteiger partial charge is 0.497 e. The Bertz CT molecular complexity index is 754. The Morgan fingerprint density at radius 2 is 1.74 bits per heavy atom. The zero-order chi connectivity index (χ0) is 19.5. The Morgan fingerprint density at radius 1 is 1.04 bits per heavy atom. The molecule has 0 heterocycles. The fourth-order valence-corrected chi connectivity index (χ4v) is 2.52. The fourth-order valence-electron chi connectivity index (χ4n) is 2.52. The van der Waals surface area contributed by atoms with Crippen molar-refractivity contribution in [2.75, 3.05) is 20.3 Å². The second kappa shape index (κ2) is 10.8. The molecule has 2 aromatic rings. The van der Waals surface area contributed by atoms with Gasteiger partial charge in [-0.1, -0.05) is 42.5 Å². The van der Waals surface area contributed by atoms with E-state index in [9.17, 15) is 9.59 Å². The van der Waals surface area contributed by atoms with Gasteiger partial charge in [0.05, 0.1) is 20.1 Å². The Morgan fingerprint density at radius 3 is 2.37 bits per heavy atom. The maximum Gasteiger partial charge on any atom is 0.307 e. The van der Waals surface area contributed by atoms with Crippen LogP contribution >= 0.6 is 0 Å². The van der Waals surface area contributed by atoms with E-state index in [4.69, 9.17) is 9.47 Å². The topological polar surface area (TPSA) is 55.8 Å². The molecule has 0 atom stereocenters. The molecule has 0 aromatic heterocycles. The Kier molecular flexibility index (Phi) is 8.10. The van der Waals surface area contributed by atoms with Crippen LogP contribution in [0.15, 0.2) is 60.7 Å². The summed E-state index contributed by atoms with van der Waals surface area (Å²) >= 11 is 0. The van der Waals surface area contributed by atoms with E-state index in [1.807, 2.05) is 54.6 Å². The maximum atomic E-state index is 12.7. The van der Waals surface area contributed by atoms with Crippen molar-refractivity contribution in [1.82, 2.24) is 4.90 Å². The van der Waals surface area contributed by atoms with E-state index in [2.05, 4.69) is 0 Å². The van der Waals surface area contributed by atoms with E-state index in [0.717, 1.165) is 16.9 Å². The second-order valence-corrected chi connectivity index (χ2v) is 5.91. The average Bonchev–Trinajstić information content (AvgIpc) is 2.70. The monoisotopic (exact) mass is 367 g/mol. The first-order valence-corrected chi connectivity index (χ1v) is 8.93. The van der Waals surface area contributed by atoms with E-state index >= 15 is 0 Å². The summed E-state index contributed by atoms with van der Waals surface area (Å²) in [4.78, 5) is 26.0. The van der Waals surface area contributed by atoms with Gasteiger partial charge in [-0.2, -0.15) is 0 Å². The summed E-state index contributed by atoms with van der Waals surface area (Å²) in [6.07, 6.45) is 3.45. The third-order valence-electron chi connectivity index (χ3n) is 3.95. The molecule has 1 amide bonds. The number of amides is 1. The molecule has 0 unspecified atom stereocenters. The van der Waals surface area contributed by atoms with Crippen LogP contribution in [0.1, 0.15) is 24.5 Å². The van der Waals surface area contributed by atoms with Crippen LogP contribution in [0, 0.1) is 0 Å². The van der Waals surface area contributed by atoms with Crippen molar-refractivity contribution in [2.24, 2.45) is 0 Å². The molecule has 0 saturated heterocycles. The van der Waals surface area contributed by atoms with Gasteiger partial charge in [-0.15, -0.1) is 0 Å². The lowest BCUT2D eigenvalue weighted by Gasteiger charge is -2.21. The van der Waals surface area contributed by atoms with Gasteiger partial charge in [-0.3, -0.25) is 9.59 Å². The van der Waals surface area contributed by atoms with Gasteiger partial charge in [0.1, 0.15) is 5.75 Å². The Hall–Kier alpha value is -3.08. The molecule has 27 heavy (non-hydrogen) atoms. The molecule has 0 radical (unpaired) electrons. The zero-order valence-electron chi connectivity index (χ0n) is 15.8. The standard InChI is InChI=1S/C22H25NO4/c1-3-27-22(25)15-16-23(17-19-7-5-4-6-8-19)21(24)14-11-18-9-12-20(26-2)13-10-18/h4-14H,3,15-17H2,1-2H3/b14-11+. The first-order valence-electron chi connectivity index (χ1n) is 8.93. The van der Waals surface area contributed by atoms with Gasteiger partial charge in [0.15, 0.2) is 0 Å². The molecular formula is C22H25NO4. The van der Waals surface area contributed by atoms with Crippen LogP contribution in [-0.4, -0.2) is 37.0 Å². The molecular weight excluding hydrogens is 342 g/mol. The summed E-state index contributed by atoms with van der Waals surface area (Å²) < 4.78 is 10.1. The number of nitrogens with zero attached hydrogens (tertiary/aromatic N) is 1. The third-order valence-corrected chi connectivity index (χ3v) is 3.95. The van der Waals surface area contributed by atoms with Crippen LogP contribution in [-0.2, 0) is 20.9 Å². The normalized spacial score (nSPS) is 10.6. The minimum atomic E-state index is -0.303. The lowest BCUT2D eigenvalue weighted by atomic mass is 10.2. The van der Waals surface area contributed by atoms with Crippen LogP contribution in [0.3, 0.4) is 0 Å². The Labute approximate surface area is 160 Å². The summed E-state index contributed by atoms with van der Waals surface area (Å²) in [5.74, 6) is 0.306. The Balaban J connectivity index is 2.06. The van der Waals surface area contributed by atoms with Crippen LogP contribution in [0.5, 0.6) is 5.75 Å². The van der Waals surface area contributed by atoms with Crippen molar-refractivity contribution in [3.05, 3.63) is 71.8 Å². The molecule has 0 saturated carbocycles. The predicted octanol–water partition coefficient (Wildman–Crippen LogP) is 3.69. The molecule has 0 spiro atoms. The van der Waals surface area contributed by atoms with E-state index in [1.165, 1.54) is 6.08 Å². The smallest absolute Gasteiger partial charge is 0.307 e. The maximum absolute atomic E-state index is 12.7. The summed E-state index contributed by atoms with van der Waals surface area (Å²) in [5, 5.41) is 0. The SMILES string of the molecule is CCOC(=O)CCN(Cc1ccccc1)C(=O)/C=C/c1ccc(OC)cc1. The quantitative estimate of drug-likeness (QED) is 0.501. The van der Waals surface area contributed by atoms with Crippen LogP contribution in [0.25, 0.3) is 6.08 Å². The van der Waals surface area contributed by atoms with Gasteiger partial charge in [-0.25, -0.2) is 0 Å². The summed E-state index contributed by atoms with van der Waals surface area (Å²) in [5.41, 5.74) is 1.90. The second-order valence-electron chi connectivity index (χ2n) is 5.91. The lowest BCUT2D eigenvalue weighted by Crippen LogP contribution is -2.31. The lowest BCUT2D eigenvalue weighted by molar-refractivity contribution is -0.143. The highest BCUT2D eigenvalue weighted by Gasteiger charge is 2.14. The molecule has 0 aliphatic rings. The number of carbonyl (C=O) groups excluding carboxylic acids is 2. The fraction of sp³-hybridized carbons (Fsp3) is 0.273. The number of carbonyl (C=O) groups is 2. The summed E-state index contributed by atoms with van der Waals surface area (Å²) in [6.45, 7) is 2.84. The van der Waals surface area contributed by atoms with E-state index in [0.29, 0.717) is 19.7 Å². The zero-order valence-corrected chi connectivity index (χ0v) is 15.8. The van der Waals surface area contributed by atoms with Crippen LogP contribution in [0.4, 0.5) is 0 Å². The number of benzene rings is 2. The highest BCUT2D eigenvalue weighted by molar-refractivity contribution is 5.92. The highest BCUT2D eigenvalue weighted by atomic mass is 16.5. The highest BCUT2D eigenvalue weighted by Crippen LogP contribution is 2.13. The molecule has 2 aromatic carbocycles. The van der Waals surface area contributed by atoms with Crippen molar-refractivity contribution >= 4 is 18.0 Å². The number of hydrogen-bond donors (Lipinski definition) is 0. The molecule has 0 fully saturated rings. The number of rotatable bonds is 9. The average molecular weight is 367 g/mol. The van der Waals surface area contributed by atoms with E-state index in [-0.39, 0.29) is 18.3 Å². The van der Waals surface area contributed by atoms with Crippen molar-refractivity contribution in [3.8, 4) is 5.75 Å². The van der Waals surface area contributed by atoms with E-state index < -0.39 is 0 Å². The van der Waals surface area contributed by atoms with Gasteiger partial charge in [0.25, 0.3) is 0 Å². The molecule has 0 aliphatic heterocycles. The number of hydrogen-bond acceptors (Lipinski definition) is 4. The molecule has 142 valence electrons. The molecule has 2 rings (SSSR count). The first kappa shape index (κ1) is 20.2. The number of ether oxygens (including phenoxy) is 2. The third kappa shape index (κ3) is 6.98. The van der Waals surface area contributed by atoms with Gasteiger partial charge in [-0.05, 0) is 36.3 Å². The number of methoxy groups -OCH3 is 1. The van der Waals surface area contributed by atoms with Crippen molar-refractivity contribution in [1.29, 1.82) is 0 Å². The molecule has 5 nitrogen and oxygen atoms in total. The minimum absolute atomic E-state index is 0.154. The van der Waals surface area contributed by atoms with Gasteiger partial charge in [0.2, 0.25) is 5.91 Å². The van der Waals surface area contributed by atoms with Gasteiger partial charge in [0, 0.05) is 19.2 Å². The van der Waals surface area contributed by atoms with Crippen LogP contribution in [0.2, 0.25) is 0 Å². The van der Waals surface area contributed by atoms with Crippen LogP contribution < -0.4 is 4.74 Å². The van der Waals surface area contributed by atoms with Gasteiger partial charge < -0.3 is 14.4 Å². The molecule has 0 bridgehead atoms. The molecule has 0 aliphatic carbocycles. The van der Waals surface area contributed by atoms with Crippen molar-refractivity contribution in [3.63, 3.8) is 0 Å². The summed E-state index contributed by atoms with van der Waals surface area (Å²) in [6, 6.07) is 17.1. The van der Waals surface area contributed by atoms with Crippen molar-refractivity contribution < 1.29 is 19.1 Å². The predicted molar refractivity (Wildman–Crippen MR) is 105 cm³/mol. The van der Waals surface area contributed by atoms with E-state index in [1.54, 1.807) is 25.0 Å². The summed E-state index contributed by atoms with van der Waals surface area (Å²) in [7, 11) is 1.61. The minimum Gasteiger partial charge on any atom is -0.497 e. The number of esters is 1. The molecule has 5 heteroatoms. The molecule has 0 N–H and O–H groups in total.